The van der Waals surface area contributed by atoms with Gasteiger partial charge in [-0.25, -0.2) is 9.97 Å². The van der Waals surface area contributed by atoms with Gasteiger partial charge in [-0.05, 0) is 38.1 Å². The lowest BCUT2D eigenvalue weighted by molar-refractivity contribution is -0.120. The van der Waals surface area contributed by atoms with E-state index in [2.05, 4.69) is 30.9 Å². The van der Waals surface area contributed by atoms with Crippen molar-refractivity contribution in [3.63, 3.8) is 0 Å². The lowest BCUT2D eigenvalue weighted by atomic mass is 9.97. The first kappa shape index (κ1) is 15.6. The van der Waals surface area contributed by atoms with Crippen LogP contribution in [0.4, 0.5) is 5.82 Å². The largest absolute Gasteiger partial charge is 0.317 e. The number of carbonyl (C=O) groups is 1. The molecule has 1 saturated heterocycles. The van der Waals surface area contributed by atoms with Crippen molar-refractivity contribution in [1.82, 2.24) is 30.3 Å². The first-order valence-corrected chi connectivity index (χ1v) is 8.34. The van der Waals surface area contributed by atoms with Gasteiger partial charge in [-0.1, -0.05) is 5.21 Å². The third-order valence-corrected chi connectivity index (χ3v) is 4.40. The second kappa shape index (κ2) is 6.56. The van der Waals surface area contributed by atoms with Gasteiger partial charge < -0.3 is 10.6 Å². The molecule has 4 heterocycles. The highest BCUT2D eigenvalue weighted by molar-refractivity contribution is 5.93. The summed E-state index contributed by atoms with van der Waals surface area (Å²) in [7, 11) is 1.82. The van der Waals surface area contributed by atoms with E-state index in [-0.39, 0.29) is 11.8 Å². The number of fused-ring (bicyclic) bond motifs is 1. The smallest absolute Gasteiger partial charge is 0.228 e. The van der Waals surface area contributed by atoms with Crippen molar-refractivity contribution >= 4 is 22.6 Å². The first-order valence-electron chi connectivity index (χ1n) is 8.34. The van der Waals surface area contributed by atoms with Crippen LogP contribution in [0.3, 0.4) is 0 Å². The number of hydrogen-bond acceptors (Lipinski definition) is 6. The lowest BCUT2D eigenvalue weighted by Crippen LogP contribution is -2.34. The van der Waals surface area contributed by atoms with Gasteiger partial charge in [0, 0.05) is 30.6 Å². The quantitative estimate of drug-likeness (QED) is 0.749. The fraction of sp³-hybridized carbons (Fsp3) is 0.353. The highest BCUT2D eigenvalue weighted by Gasteiger charge is 2.21. The molecule has 3 aromatic heterocycles. The number of amides is 1. The summed E-state index contributed by atoms with van der Waals surface area (Å²) < 4.78 is 1.64. The Hall–Kier alpha value is -2.87. The van der Waals surface area contributed by atoms with Crippen LogP contribution in [0.25, 0.3) is 22.3 Å². The van der Waals surface area contributed by atoms with Gasteiger partial charge in [-0.3, -0.25) is 9.48 Å². The van der Waals surface area contributed by atoms with E-state index >= 15 is 0 Å². The van der Waals surface area contributed by atoms with Gasteiger partial charge in [-0.2, -0.15) is 0 Å². The topological polar surface area (TPSA) is 97.6 Å². The van der Waals surface area contributed by atoms with Gasteiger partial charge >= 0.3 is 0 Å². The molecule has 128 valence electrons. The van der Waals surface area contributed by atoms with Gasteiger partial charge in [0.05, 0.1) is 17.4 Å². The van der Waals surface area contributed by atoms with Crippen LogP contribution in [-0.4, -0.2) is 44.0 Å². The predicted molar refractivity (Wildman–Crippen MR) is 93.8 cm³/mol. The third kappa shape index (κ3) is 3.34. The second-order valence-corrected chi connectivity index (χ2v) is 6.25. The van der Waals surface area contributed by atoms with Crippen LogP contribution in [0.1, 0.15) is 12.8 Å². The number of nitrogens with one attached hydrogen (secondary N) is 2. The van der Waals surface area contributed by atoms with Crippen LogP contribution in [-0.2, 0) is 11.8 Å². The molecule has 0 atom stereocenters. The maximum atomic E-state index is 12.4. The lowest BCUT2D eigenvalue weighted by Gasteiger charge is -2.21. The van der Waals surface area contributed by atoms with Crippen LogP contribution in [0.15, 0.2) is 30.6 Å². The molecule has 0 spiro atoms. The van der Waals surface area contributed by atoms with Crippen molar-refractivity contribution in [2.75, 3.05) is 18.4 Å². The van der Waals surface area contributed by atoms with Crippen LogP contribution < -0.4 is 10.6 Å². The number of hydrogen-bond donors (Lipinski definition) is 2. The Balaban J connectivity index is 1.59. The number of anilines is 1. The maximum Gasteiger partial charge on any atom is 0.228 e. The summed E-state index contributed by atoms with van der Waals surface area (Å²) in [5, 5.41) is 15.1. The van der Waals surface area contributed by atoms with E-state index in [1.807, 2.05) is 25.4 Å². The first-order chi connectivity index (χ1) is 12.2. The number of nitrogens with zero attached hydrogens (tertiary/aromatic N) is 5. The molecule has 0 saturated carbocycles. The summed E-state index contributed by atoms with van der Waals surface area (Å²) in [4.78, 5) is 21.3. The van der Waals surface area contributed by atoms with Crippen molar-refractivity contribution in [1.29, 1.82) is 0 Å². The van der Waals surface area contributed by atoms with Gasteiger partial charge in [0.2, 0.25) is 5.91 Å². The highest BCUT2D eigenvalue weighted by Crippen LogP contribution is 2.21. The van der Waals surface area contributed by atoms with E-state index in [1.54, 1.807) is 16.9 Å². The Morgan fingerprint density at radius 1 is 1.28 bits per heavy atom. The molecule has 0 bridgehead atoms. The fourth-order valence-corrected chi connectivity index (χ4v) is 3.00. The van der Waals surface area contributed by atoms with E-state index in [0.29, 0.717) is 11.5 Å². The van der Waals surface area contributed by atoms with Gasteiger partial charge in [0.1, 0.15) is 11.5 Å². The number of rotatable bonds is 3. The van der Waals surface area contributed by atoms with Crippen LogP contribution in [0.5, 0.6) is 0 Å². The highest BCUT2D eigenvalue weighted by atomic mass is 16.1. The summed E-state index contributed by atoms with van der Waals surface area (Å²) in [6.07, 6.45) is 5.25. The fourth-order valence-electron chi connectivity index (χ4n) is 3.00. The summed E-state index contributed by atoms with van der Waals surface area (Å²) in [6, 6.07) is 5.63. The molecule has 1 aliphatic rings. The Morgan fingerprint density at radius 2 is 2.12 bits per heavy atom. The van der Waals surface area contributed by atoms with Crippen molar-refractivity contribution < 1.29 is 4.79 Å². The summed E-state index contributed by atoms with van der Waals surface area (Å²) in [6.45, 7) is 1.76. The van der Waals surface area contributed by atoms with Gasteiger partial charge in [0.25, 0.3) is 0 Å². The number of pyridine rings is 2. The minimum absolute atomic E-state index is 0.0263. The third-order valence-electron chi connectivity index (χ3n) is 4.40. The molecule has 0 aromatic carbocycles. The van der Waals surface area contributed by atoms with Crippen molar-refractivity contribution in [2.24, 2.45) is 13.0 Å². The van der Waals surface area contributed by atoms with E-state index in [0.717, 1.165) is 42.5 Å². The molecule has 25 heavy (non-hydrogen) atoms. The molecule has 1 fully saturated rings. The van der Waals surface area contributed by atoms with Crippen molar-refractivity contribution in [2.45, 2.75) is 12.8 Å². The average molecular weight is 337 g/mol. The summed E-state index contributed by atoms with van der Waals surface area (Å²) >= 11 is 0. The van der Waals surface area contributed by atoms with Crippen LogP contribution >= 0.6 is 0 Å². The Bertz CT molecular complexity index is 914. The maximum absolute atomic E-state index is 12.4. The zero-order valence-corrected chi connectivity index (χ0v) is 13.9. The Kier molecular flexibility index (Phi) is 4.10. The van der Waals surface area contributed by atoms with Crippen molar-refractivity contribution in [3.8, 4) is 11.4 Å². The molecule has 1 aliphatic heterocycles. The monoisotopic (exact) mass is 337 g/mol. The summed E-state index contributed by atoms with van der Waals surface area (Å²) in [5.74, 6) is 0.593. The average Bonchev–Trinajstić information content (AvgIpc) is 3.08. The molecule has 8 nitrogen and oxygen atoms in total. The molecule has 8 heteroatoms. The predicted octanol–water partition coefficient (Wildman–Crippen LogP) is 1.36. The number of piperidine rings is 1. The van der Waals surface area contributed by atoms with Crippen molar-refractivity contribution in [3.05, 3.63) is 30.6 Å². The molecular formula is C17H19N7O. The molecule has 0 unspecified atom stereocenters. The number of aryl methyl sites for hydroxylation is 1. The zero-order chi connectivity index (χ0) is 17.2. The molecule has 1 amide bonds. The van der Waals surface area contributed by atoms with Crippen LogP contribution in [0.2, 0.25) is 0 Å². The van der Waals surface area contributed by atoms with E-state index in [1.165, 1.54) is 0 Å². The minimum Gasteiger partial charge on any atom is -0.317 e. The van der Waals surface area contributed by atoms with Gasteiger partial charge in [0.15, 0.2) is 0 Å². The molecule has 3 aromatic rings. The zero-order valence-electron chi connectivity index (χ0n) is 13.9. The second-order valence-electron chi connectivity index (χ2n) is 6.25. The van der Waals surface area contributed by atoms with E-state index in [4.69, 9.17) is 0 Å². The molecule has 0 aliphatic carbocycles. The minimum atomic E-state index is 0.0263. The molecule has 4 rings (SSSR count). The number of carbonyl (C=O) groups excluding carboxylic acids is 1. The van der Waals surface area contributed by atoms with E-state index < -0.39 is 0 Å². The SMILES string of the molecule is Cn1cc(-c2ccc3cnc(NC(=O)C4CCNCC4)cc3n2)nn1. The standard InChI is InChI=1S/C17H19N7O/c1-24-10-15(22-23-24)13-3-2-12-9-19-16(8-14(12)20-13)21-17(25)11-4-6-18-7-5-11/h2-3,8-11,18H,4-7H2,1H3,(H,19,21,25). The molecule has 0 radical (unpaired) electrons. The normalized spacial score (nSPS) is 15.4. The Morgan fingerprint density at radius 3 is 2.88 bits per heavy atom. The summed E-state index contributed by atoms with van der Waals surface area (Å²) in [5.41, 5.74) is 2.21. The van der Waals surface area contributed by atoms with Crippen LogP contribution in [0, 0.1) is 5.92 Å². The Labute approximate surface area is 144 Å². The van der Waals surface area contributed by atoms with E-state index in [9.17, 15) is 4.79 Å². The molecule has 2 N–H and O–H groups in total. The van der Waals surface area contributed by atoms with Gasteiger partial charge in [-0.15, -0.1) is 5.10 Å². The number of aromatic nitrogens is 5. The molecular weight excluding hydrogens is 318 g/mol.